The first-order valence-electron chi connectivity index (χ1n) is 29.4. The zero-order valence-corrected chi connectivity index (χ0v) is 58.6. The number of halogens is 12. The number of fused-ring (bicyclic) bond motifs is 3. The smallest absolute Gasteiger partial charge is 0.857 e. The third-order valence-corrected chi connectivity index (χ3v) is 15.9. The molecule has 24 nitrogen and oxygen atoms in total. The van der Waals surface area contributed by atoms with Gasteiger partial charge in [0.25, 0.3) is 0 Å². The van der Waals surface area contributed by atoms with Gasteiger partial charge in [-0.3, -0.25) is 23.5 Å². The van der Waals surface area contributed by atoms with Crippen LogP contribution in [-0.2, 0) is 59.3 Å². The van der Waals surface area contributed by atoms with Crippen molar-refractivity contribution in [1.82, 2.24) is 87.2 Å². The van der Waals surface area contributed by atoms with E-state index in [0.717, 1.165) is 42.4 Å². The second-order valence-corrected chi connectivity index (χ2v) is 23.4. The molecule has 0 saturated carbocycles. The summed E-state index contributed by atoms with van der Waals surface area (Å²) in [5, 5.41) is 8.01. The van der Waals surface area contributed by atoms with E-state index >= 15 is 0 Å². The molecular weight excluding hydrogens is 1430 g/mol. The summed E-state index contributed by atoms with van der Waals surface area (Å²) < 4.78 is 130. The minimum absolute atomic E-state index is 0. The number of aromatic amines is 3. The van der Waals surface area contributed by atoms with Crippen LogP contribution in [0.5, 0.6) is 5.88 Å². The SMILES string of the molecule is C.CC(=O)c1nc(Cl)nc2c1[nH]c(=O)n2Cc1ccc(-c2nc(C(F)(F)F)cn2C)cc1.COc1nc(-c2ccccc2C(C)C)nc2c1[nH]c(=O)n2Cc1ccc(-c2nc(C(F)(F)F)cn2C)cc1.C[O-].Cn1cc(C(F)(F)F)nc1-c1ccc(Cn2c(=O)[nH]c3c(Cl)nc(Cl)nc32)cc1.[Na+]. The van der Waals surface area contributed by atoms with Crippen LogP contribution in [0.25, 0.3) is 79.0 Å². The molecule has 0 saturated heterocycles. The molecule has 13 rings (SSSR count). The number of carbonyl (C=O) groups is 1. The van der Waals surface area contributed by atoms with Crippen molar-refractivity contribution in [2.24, 2.45) is 21.1 Å². The van der Waals surface area contributed by atoms with Gasteiger partial charge in [0, 0.05) is 68.9 Å². The molecule has 37 heteroatoms. The second kappa shape index (κ2) is 31.2. The van der Waals surface area contributed by atoms with Crippen molar-refractivity contribution in [2.45, 2.75) is 72.3 Å². The summed E-state index contributed by atoms with van der Waals surface area (Å²) in [5.41, 5.74) is 3.02. The van der Waals surface area contributed by atoms with Gasteiger partial charge in [-0.25, -0.2) is 44.3 Å². The van der Waals surface area contributed by atoms with Crippen LogP contribution < -0.4 is 56.5 Å². The van der Waals surface area contributed by atoms with E-state index in [0.29, 0.717) is 44.8 Å². The minimum Gasteiger partial charge on any atom is -0.857 e. The Bertz CT molecular complexity index is 5380. The Morgan fingerprint density at radius 2 is 0.863 bits per heavy atom. The van der Waals surface area contributed by atoms with E-state index < -0.39 is 47.0 Å². The zero-order chi connectivity index (χ0) is 72.6. The first-order valence-corrected chi connectivity index (χ1v) is 30.5. The molecule has 9 heterocycles. The van der Waals surface area contributed by atoms with Crippen LogP contribution in [0.3, 0.4) is 0 Å². The number of imidazole rings is 6. The fraction of sp³-hybridized carbons (Fsp3) is 0.246. The zero-order valence-electron chi connectivity index (χ0n) is 54.4. The van der Waals surface area contributed by atoms with Gasteiger partial charge in [-0.1, -0.05) is 130 Å². The van der Waals surface area contributed by atoms with Gasteiger partial charge in [-0.05, 0) is 51.4 Å². The maximum atomic E-state index is 13.1. The van der Waals surface area contributed by atoms with E-state index in [2.05, 4.69) is 68.7 Å². The number of carbonyl (C=O) groups excluding carboxylic acids is 1. The molecule has 0 bridgehead atoms. The fourth-order valence-electron chi connectivity index (χ4n) is 10.6. The van der Waals surface area contributed by atoms with E-state index in [9.17, 15) is 58.7 Å². The molecule has 0 aliphatic carbocycles. The molecule has 528 valence electrons. The number of H-pyrrole nitrogens is 3. The average molecular weight is 1490 g/mol. The molecule has 102 heavy (non-hydrogen) atoms. The Morgan fingerprint density at radius 1 is 0.510 bits per heavy atom. The number of hydrogen-bond acceptors (Lipinski definition) is 15. The molecule has 0 atom stereocenters. The average Bonchev–Trinajstić information content (AvgIpc) is 1.60. The molecule has 0 amide bonds. The number of alkyl halides is 9. The third kappa shape index (κ3) is 16.7. The van der Waals surface area contributed by atoms with Crippen LogP contribution in [0.2, 0.25) is 15.7 Å². The van der Waals surface area contributed by atoms with Crippen molar-refractivity contribution < 1.29 is 83.7 Å². The number of aryl methyl sites for hydroxylation is 3. The number of benzene rings is 4. The maximum Gasteiger partial charge on any atom is 1.00 e. The van der Waals surface area contributed by atoms with Crippen molar-refractivity contribution in [3.8, 4) is 51.4 Å². The molecule has 0 aliphatic rings. The molecule has 3 N–H and O–H groups in total. The Balaban J connectivity index is 0.000000192. The van der Waals surface area contributed by atoms with E-state index in [1.54, 1.807) is 72.8 Å². The van der Waals surface area contributed by atoms with Crippen molar-refractivity contribution in [3.63, 3.8) is 0 Å². The summed E-state index contributed by atoms with van der Waals surface area (Å²) in [4.78, 5) is 93.4. The normalized spacial score (nSPS) is 11.6. The van der Waals surface area contributed by atoms with Crippen LogP contribution in [0, 0.1) is 0 Å². The molecule has 0 fully saturated rings. The molecule has 9 aromatic heterocycles. The van der Waals surface area contributed by atoms with E-state index in [1.807, 2.05) is 24.3 Å². The molecule has 4 aromatic carbocycles. The molecule has 0 aliphatic heterocycles. The number of Topliss-reactive ketones (excluding diaryl/α,β-unsaturated/α-hetero) is 1. The summed E-state index contributed by atoms with van der Waals surface area (Å²) in [5.74, 6) is 1.09. The largest absolute Gasteiger partial charge is 1.00 e. The van der Waals surface area contributed by atoms with E-state index in [1.165, 1.54) is 62.6 Å². The molecular formula is C65H57Cl3F9N18NaO6. The van der Waals surface area contributed by atoms with Crippen LogP contribution in [-0.4, -0.2) is 107 Å². The van der Waals surface area contributed by atoms with Gasteiger partial charge in [0.15, 0.2) is 50.8 Å². The second-order valence-electron chi connectivity index (χ2n) is 22.4. The maximum absolute atomic E-state index is 13.1. The summed E-state index contributed by atoms with van der Waals surface area (Å²) in [6.07, 6.45) is -10.8. The number of rotatable bonds is 13. The first kappa shape index (κ1) is 78.0. The number of nitrogens with zero attached hydrogens (tertiary/aromatic N) is 15. The van der Waals surface area contributed by atoms with Crippen molar-refractivity contribution in [3.05, 3.63) is 208 Å². The topological polar surface area (TPSA) is 294 Å². The van der Waals surface area contributed by atoms with Crippen LogP contribution in [0.1, 0.15) is 83.9 Å². The van der Waals surface area contributed by atoms with Crippen molar-refractivity contribution in [2.75, 3.05) is 14.2 Å². The number of methoxy groups -OCH3 is 1. The van der Waals surface area contributed by atoms with Gasteiger partial charge in [-0.2, -0.15) is 61.6 Å². The molecule has 0 unspecified atom stereocenters. The molecule has 0 radical (unpaired) electrons. The van der Waals surface area contributed by atoms with Gasteiger partial charge in [0.05, 0.1) is 26.7 Å². The Kier molecular flexibility index (Phi) is 23.9. The third-order valence-electron chi connectivity index (χ3n) is 15.2. The molecule has 0 spiro atoms. The van der Waals surface area contributed by atoms with Crippen LogP contribution in [0.4, 0.5) is 39.5 Å². The summed E-state index contributed by atoms with van der Waals surface area (Å²) in [7, 11) is 6.71. The van der Waals surface area contributed by atoms with Crippen molar-refractivity contribution in [1.29, 1.82) is 0 Å². The van der Waals surface area contributed by atoms with Gasteiger partial charge >= 0.3 is 65.2 Å². The Labute approximate surface area is 608 Å². The fourth-order valence-corrected chi connectivity index (χ4v) is 11.2. The van der Waals surface area contributed by atoms with E-state index in [-0.39, 0.29) is 141 Å². The standard InChI is InChI=1S/C27H25F3N6O2.C19H14ClF3N6O2.C17H11Cl2F3N6O.CH3O.CH4.Na/c1-15(2)18-7-5-6-8-19(18)22-33-24-21(25(34-22)38-4)32-26(37)36(24)13-16-9-11-17(12-10-16)23-31-20(14-35(23)3)27(28,29)30;1-9(30)13-14-16(27-17(20)25-13)29(18(31)26-14)7-10-3-5-11(6-4-10)15-24-12(8-28(15)2)19(21,22)23;1-27-7-10(17(20,21)22)23-13(27)9-4-2-8(3-5-9)6-28-14-11(24-16(28)29)12(18)25-15(19)26-14;1-2;;/h5-12,14-15H,13H2,1-4H3,(H,32,37);3-6,8H,7H2,1-2H3,(H,26,31);2-5,7H,6H2,1H3,(H,24,29);1H3;1H4;/q;;;-1;;+1. The first-order chi connectivity index (χ1) is 47.2. The van der Waals surface area contributed by atoms with Crippen molar-refractivity contribution >= 4 is 74.1 Å². The number of ether oxygens (including phenoxy) is 1. The van der Waals surface area contributed by atoms with Gasteiger partial charge in [-0.15, -0.1) is 0 Å². The van der Waals surface area contributed by atoms with Crippen LogP contribution in [0.15, 0.2) is 130 Å². The monoisotopic (exact) mass is 1480 g/mol. The quantitative estimate of drug-likeness (QED) is 0.0318. The number of hydrogen-bond donors (Lipinski definition) is 3. The minimum atomic E-state index is -4.53. The summed E-state index contributed by atoms with van der Waals surface area (Å²) in [6, 6.07) is 27.9. The summed E-state index contributed by atoms with van der Waals surface area (Å²) in [6.45, 7) is 5.89. The Morgan fingerprint density at radius 3 is 1.23 bits per heavy atom. The number of aromatic nitrogens is 18. The van der Waals surface area contributed by atoms with Gasteiger partial charge in [0.2, 0.25) is 16.4 Å². The van der Waals surface area contributed by atoms with E-state index in [4.69, 9.17) is 49.6 Å². The molecule has 13 aromatic rings. The number of nitrogens with one attached hydrogen (secondary N) is 3. The Hall–Kier alpha value is -9.77. The predicted octanol–water partition coefficient (Wildman–Crippen LogP) is 9.34. The number of ketones is 1. The summed E-state index contributed by atoms with van der Waals surface area (Å²) >= 11 is 17.7. The van der Waals surface area contributed by atoms with Gasteiger partial charge < -0.3 is 33.5 Å². The van der Waals surface area contributed by atoms with Crippen LogP contribution >= 0.6 is 34.8 Å². The predicted molar refractivity (Wildman–Crippen MR) is 356 cm³/mol. The van der Waals surface area contributed by atoms with Gasteiger partial charge in [0.1, 0.15) is 39.7 Å².